The summed E-state index contributed by atoms with van der Waals surface area (Å²) in [5.41, 5.74) is 2.89. The number of rotatable bonds is 9. The first-order valence-corrected chi connectivity index (χ1v) is 10.8. The second-order valence-corrected chi connectivity index (χ2v) is 8.06. The Balaban J connectivity index is 1.64. The molecule has 0 radical (unpaired) electrons. The fourth-order valence-corrected chi connectivity index (χ4v) is 3.77. The molecule has 0 N–H and O–H groups in total. The Morgan fingerprint density at radius 3 is 2.33 bits per heavy atom. The molecule has 1 fully saturated rings. The lowest BCUT2D eigenvalue weighted by Crippen LogP contribution is -2.48. The molecule has 0 spiro atoms. The fourth-order valence-electron chi connectivity index (χ4n) is 3.77. The number of benzene rings is 2. The van der Waals surface area contributed by atoms with Crippen molar-refractivity contribution in [2.75, 3.05) is 32.8 Å². The number of nitrogens with zero attached hydrogens (tertiary/aromatic N) is 2. The van der Waals surface area contributed by atoms with Crippen molar-refractivity contribution < 1.29 is 14.3 Å². The lowest BCUT2D eigenvalue weighted by atomic mass is 10.0. The lowest BCUT2D eigenvalue weighted by molar-refractivity contribution is -0.134. The number of ketones is 1. The first-order chi connectivity index (χ1) is 14.5. The normalized spacial score (nSPS) is 15.5. The number of aryl methyl sites for hydroxylation is 1. The molecular weight excluding hydrogens is 376 g/mol. The molecular formula is C25H32N2O3. The molecule has 2 aromatic rings. The third kappa shape index (κ3) is 6.51. The van der Waals surface area contributed by atoms with Gasteiger partial charge in [-0.15, -0.1) is 0 Å². The van der Waals surface area contributed by atoms with Gasteiger partial charge in [0.25, 0.3) is 0 Å². The Labute approximate surface area is 179 Å². The van der Waals surface area contributed by atoms with E-state index in [-0.39, 0.29) is 30.6 Å². The summed E-state index contributed by atoms with van der Waals surface area (Å²) in [7, 11) is 0. The number of carbonyl (C=O) groups is 2. The molecule has 1 amide bonds. The molecule has 3 rings (SSSR count). The van der Waals surface area contributed by atoms with Gasteiger partial charge in [0, 0.05) is 50.6 Å². The van der Waals surface area contributed by atoms with Crippen LogP contribution >= 0.6 is 0 Å². The number of hydrogen-bond donors (Lipinski definition) is 0. The van der Waals surface area contributed by atoms with Crippen LogP contribution in [0.25, 0.3) is 0 Å². The smallest absolute Gasteiger partial charge is 0.223 e. The van der Waals surface area contributed by atoms with E-state index in [1.54, 1.807) is 0 Å². The van der Waals surface area contributed by atoms with Crippen LogP contribution in [0.4, 0.5) is 0 Å². The van der Waals surface area contributed by atoms with Gasteiger partial charge < -0.3 is 9.64 Å². The van der Waals surface area contributed by atoms with E-state index in [1.165, 1.54) is 0 Å². The van der Waals surface area contributed by atoms with E-state index in [0.717, 1.165) is 44.0 Å². The summed E-state index contributed by atoms with van der Waals surface area (Å²) in [4.78, 5) is 30.0. The molecule has 30 heavy (non-hydrogen) atoms. The zero-order valence-electron chi connectivity index (χ0n) is 18.0. The van der Waals surface area contributed by atoms with Crippen molar-refractivity contribution in [3.8, 4) is 0 Å². The maximum Gasteiger partial charge on any atom is 0.223 e. The molecule has 5 nitrogen and oxygen atoms in total. The molecule has 1 aliphatic heterocycles. The highest BCUT2D eigenvalue weighted by atomic mass is 16.5. The van der Waals surface area contributed by atoms with Crippen LogP contribution in [0.15, 0.2) is 54.6 Å². The Kier molecular flexibility index (Phi) is 8.17. The summed E-state index contributed by atoms with van der Waals surface area (Å²) in [5, 5.41) is 0. The molecule has 0 saturated carbocycles. The molecule has 1 atom stereocenters. The number of amides is 1. The third-order valence-electron chi connectivity index (χ3n) is 5.61. The summed E-state index contributed by atoms with van der Waals surface area (Å²) in [6.07, 6.45) is 0.463. The molecule has 5 heteroatoms. The van der Waals surface area contributed by atoms with Crippen LogP contribution in [0.2, 0.25) is 0 Å². The van der Waals surface area contributed by atoms with E-state index in [4.69, 9.17) is 4.74 Å². The zero-order chi connectivity index (χ0) is 21.3. The Morgan fingerprint density at radius 1 is 1.00 bits per heavy atom. The van der Waals surface area contributed by atoms with Crippen molar-refractivity contribution in [3.05, 3.63) is 71.3 Å². The highest BCUT2D eigenvalue weighted by Crippen LogP contribution is 2.15. The summed E-state index contributed by atoms with van der Waals surface area (Å²) in [6.45, 7) is 8.73. The predicted molar refractivity (Wildman–Crippen MR) is 118 cm³/mol. The number of hydrogen-bond acceptors (Lipinski definition) is 4. The van der Waals surface area contributed by atoms with Crippen molar-refractivity contribution in [3.63, 3.8) is 0 Å². The molecule has 160 valence electrons. The van der Waals surface area contributed by atoms with Crippen LogP contribution in [-0.2, 0) is 16.1 Å². The SMILES string of the molecule is Cc1ccc(C(=O)CCC(=O)N(Cc2ccccc2)C(C)CN2CCOCC2)cc1. The van der Waals surface area contributed by atoms with Gasteiger partial charge >= 0.3 is 0 Å². The van der Waals surface area contributed by atoms with Crippen LogP contribution in [0, 0.1) is 6.92 Å². The maximum atomic E-state index is 13.2. The second kappa shape index (κ2) is 11.0. The topological polar surface area (TPSA) is 49.9 Å². The molecule has 1 aliphatic rings. The van der Waals surface area contributed by atoms with Gasteiger partial charge in [0.2, 0.25) is 5.91 Å². The van der Waals surface area contributed by atoms with Crippen molar-refractivity contribution in [2.24, 2.45) is 0 Å². The third-order valence-corrected chi connectivity index (χ3v) is 5.61. The summed E-state index contributed by atoms with van der Waals surface area (Å²) in [6, 6.07) is 17.6. The average Bonchev–Trinajstić information content (AvgIpc) is 2.77. The summed E-state index contributed by atoms with van der Waals surface area (Å²) in [5.74, 6) is 0.0453. The van der Waals surface area contributed by atoms with Crippen LogP contribution in [0.3, 0.4) is 0 Å². The van der Waals surface area contributed by atoms with E-state index >= 15 is 0 Å². The predicted octanol–water partition coefficient (Wildman–Crippen LogP) is 3.71. The highest BCUT2D eigenvalue weighted by Gasteiger charge is 2.24. The monoisotopic (exact) mass is 408 g/mol. The van der Waals surface area contributed by atoms with E-state index in [2.05, 4.69) is 11.8 Å². The molecule has 0 bridgehead atoms. The molecule has 0 aromatic heterocycles. The van der Waals surface area contributed by atoms with Gasteiger partial charge in [0.05, 0.1) is 13.2 Å². The van der Waals surface area contributed by atoms with Crippen LogP contribution in [0.1, 0.15) is 41.3 Å². The zero-order valence-corrected chi connectivity index (χ0v) is 18.0. The fraction of sp³-hybridized carbons (Fsp3) is 0.440. The van der Waals surface area contributed by atoms with E-state index in [9.17, 15) is 9.59 Å². The van der Waals surface area contributed by atoms with Gasteiger partial charge in [-0.25, -0.2) is 0 Å². The van der Waals surface area contributed by atoms with E-state index in [0.29, 0.717) is 12.1 Å². The standard InChI is InChI=1S/C25H32N2O3/c1-20-8-10-23(11-9-20)24(28)12-13-25(29)27(19-22-6-4-3-5-7-22)21(2)18-26-14-16-30-17-15-26/h3-11,21H,12-19H2,1-2H3. The Bertz CT molecular complexity index is 814. The first-order valence-electron chi connectivity index (χ1n) is 10.8. The highest BCUT2D eigenvalue weighted by molar-refractivity contribution is 5.98. The number of ether oxygens (including phenoxy) is 1. The quantitative estimate of drug-likeness (QED) is 0.594. The van der Waals surface area contributed by atoms with E-state index in [1.807, 2.05) is 66.4 Å². The number of Topliss-reactive ketones (excluding diaryl/α,β-unsaturated/α-hetero) is 1. The summed E-state index contributed by atoms with van der Waals surface area (Å²) >= 11 is 0. The van der Waals surface area contributed by atoms with Crippen LogP contribution in [-0.4, -0.2) is 60.4 Å². The molecule has 0 aliphatic carbocycles. The van der Waals surface area contributed by atoms with Gasteiger partial charge in [-0.1, -0.05) is 60.2 Å². The average molecular weight is 409 g/mol. The minimum absolute atomic E-state index is 0.0174. The van der Waals surface area contributed by atoms with Crippen molar-refractivity contribution in [2.45, 2.75) is 39.3 Å². The Morgan fingerprint density at radius 2 is 1.67 bits per heavy atom. The number of carbonyl (C=O) groups excluding carboxylic acids is 2. The van der Waals surface area contributed by atoms with Gasteiger partial charge in [-0.2, -0.15) is 0 Å². The van der Waals surface area contributed by atoms with Crippen molar-refractivity contribution in [1.82, 2.24) is 9.80 Å². The minimum Gasteiger partial charge on any atom is -0.379 e. The van der Waals surface area contributed by atoms with Gasteiger partial charge in [-0.3, -0.25) is 14.5 Å². The molecule has 1 heterocycles. The first kappa shape index (κ1) is 22.2. The van der Waals surface area contributed by atoms with Crippen molar-refractivity contribution in [1.29, 1.82) is 0 Å². The van der Waals surface area contributed by atoms with Crippen LogP contribution < -0.4 is 0 Å². The van der Waals surface area contributed by atoms with Crippen LogP contribution in [0.5, 0.6) is 0 Å². The molecule has 2 aromatic carbocycles. The second-order valence-electron chi connectivity index (χ2n) is 8.06. The maximum absolute atomic E-state index is 13.2. The summed E-state index contributed by atoms with van der Waals surface area (Å²) < 4.78 is 5.44. The van der Waals surface area contributed by atoms with E-state index < -0.39 is 0 Å². The van der Waals surface area contributed by atoms with Gasteiger partial charge in [0.1, 0.15) is 0 Å². The minimum atomic E-state index is 0.0174. The number of morpholine rings is 1. The van der Waals surface area contributed by atoms with Gasteiger partial charge in [0.15, 0.2) is 5.78 Å². The molecule has 1 saturated heterocycles. The lowest BCUT2D eigenvalue weighted by Gasteiger charge is -2.35. The van der Waals surface area contributed by atoms with Crippen molar-refractivity contribution >= 4 is 11.7 Å². The van der Waals surface area contributed by atoms with Gasteiger partial charge in [-0.05, 0) is 19.4 Å². The molecule has 1 unspecified atom stereocenters. The Hall–Kier alpha value is -2.50. The largest absolute Gasteiger partial charge is 0.379 e.